The maximum absolute atomic E-state index is 12.3. The number of likely N-dealkylation sites (tertiary alicyclic amines) is 1. The first-order valence-corrected chi connectivity index (χ1v) is 7.34. The first-order chi connectivity index (χ1) is 10.6. The van der Waals surface area contributed by atoms with E-state index < -0.39 is 0 Å². The molecule has 0 radical (unpaired) electrons. The smallest absolute Gasteiger partial charge is 0.275 e. The molecule has 2 N–H and O–H groups in total. The SMILES string of the molecule is Cc1n[nH]c(C(=O)N2CCC(OCc3ccccc3)C2)c1O. The predicted molar refractivity (Wildman–Crippen MR) is 80.5 cm³/mol. The van der Waals surface area contributed by atoms with Gasteiger partial charge in [0.2, 0.25) is 0 Å². The highest BCUT2D eigenvalue weighted by molar-refractivity contribution is 5.95. The van der Waals surface area contributed by atoms with Crippen molar-refractivity contribution in [2.24, 2.45) is 0 Å². The number of rotatable bonds is 4. The van der Waals surface area contributed by atoms with E-state index in [1.165, 1.54) is 0 Å². The van der Waals surface area contributed by atoms with Gasteiger partial charge in [0.05, 0.1) is 12.7 Å². The van der Waals surface area contributed by atoms with Crippen molar-refractivity contribution in [3.8, 4) is 5.75 Å². The van der Waals surface area contributed by atoms with Crippen molar-refractivity contribution in [3.63, 3.8) is 0 Å². The standard InChI is InChI=1S/C16H19N3O3/c1-11-15(20)14(18-17-11)16(21)19-8-7-13(9-19)22-10-12-5-3-2-4-6-12/h2-6,13,20H,7-10H2,1H3,(H,17,18). The summed E-state index contributed by atoms with van der Waals surface area (Å²) in [5.74, 6) is -0.303. The quantitative estimate of drug-likeness (QED) is 0.903. The molecule has 1 atom stereocenters. The predicted octanol–water partition coefficient (Wildman–Crippen LogP) is 1.86. The fraction of sp³-hybridized carbons (Fsp3) is 0.375. The molecule has 1 saturated heterocycles. The highest BCUT2D eigenvalue weighted by atomic mass is 16.5. The number of benzene rings is 1. The van der Waals surface area contributed by atoms with Crippen LogP contribution >= 0.6 is 0 Å². The topological polar surface area (TPSA) is 78.5 Å². The number of aromatic amines is 1. The number of amides is 1. The summed E-state index contributed by atoms with van der Waals surface area (Å²) in [6.07, 6.45) is 0.822. The Kier molecular flexibility index (Phi) is 4.11. The lowest BCUT2D eigenvalue weighted by molar-refractivity contribution is 0.0435. The minimum Gasteiger partial charge on any atom is -0.504 e. The lowest BCUT2D eigenvalue weighted by Gasteiger charge is -2.16. The zero-order valence-corrected chi connectivity index (χ0v) is 12.5. The Hall–Kier alpha value is -2.34. The number of hydrogen-bond donors (Lipinski definition) is 2. The van der Waals surface area contributed by atoms with Crippen LogP contribution in [0.2, 0.25) is 0 Å². The lowest BCUT2D eigenvalue weighted by Crippen LogP contribution is -2.30. The zero-order chi connectivity index (χ0) is 15.5. The van der Waals surface area contributed by atoms with Gasteiger partial charge < -0.3 is 14.7 Å². The fourth-order valence-electron chi connectivity index (χ4n) is 2.57. The van der Waals surface area contributed by atoms with E-state index in [2.05, 4.69) is 10.2 Å². The summed E-state index contributed by atoms with van der Waals surface area (Å²) in [5.41, 5.74) is 1.70. The van der Waals surface area contributed by atoms with E-state index in [4.69, 9.17) is 4.74 Å². The first-order valence-electron chi connectivity index (χ1n) is 7.34. The van der Waals surface area contributed by atoms with Crippen molar-refractivity contribution >= 4 is 5.91 Å². The Labute approximate surface area is 128 Å². The van der Waals surface area contributed by atoms with Crippen molar-refractivity contribution < 1.29 is 14.6 Å². The molecular weight excluding hydrogens is 282 g/mol. The largest absolute Gasteiger partial charge is 0.504 e. The van der Waals surface area contributed by atoms with Crippen LogP contribution in [0.3, 0.4) is 0 Å². The van der Waals surface area contributed by atoms with Crippen LogP contribution in [-0.2, 0) is 11.3 Å². The summed E-state index contributed by atoms with van der Waals surface area (Å²) in [6.45, 7) is 3.35. The summed E-state index contributed by atoms with van der Waals surface area (Å²) in [7, 11) is 0. The van der Waals surface area contributed by atoms with Gasteiger partial charge in [-0.3, -0.25) is 9.89 Å². The first kappa shape index (κ1) is 14.6. The number of hydrogen-bond acceptors (Lipinski definition) is 4. The van der Waals surface area contributed by atoms with E-state index in [9.17, 15) is 9.90 Å². The van der Waals surface area contributed by atoms with Gasteiger partial charge in [-0.15, -0.1) is 0 Å². The molecule has 1 fully saturated rings. The normalized spacial score (nSPS) is 17.9. The summed E-state index contributed by atoms with van der Waals surface area (Å²) in [5, 5.41) is 16.3. The molecule has 22 heavy (non-hydrogen) atoms. The van der Waals surface area contributed by atoms with Crippen LogP contribution < -0.4 is 0 Å². The minimum absolute atomic E-state index is 0.0234. The number of aromatic hydroxyl groups is 1. The molecule has 6 nitrogen and oxygen atoms in total. The molecule has 6 heteroatoms. The van der Waals surface area contributed by atoms with E-state index >= 15 is 0 Å². The third-order valence-electron chi connectivity index (χ3n) is 3.89. The van der Waals surface area contributed by atoms with Gasteiger partial charge in [0.25, 0.3) is 5.91 Å². The molecule has 0 saturated carbocycles. The Balaban J connectivity index is 1.56. The Bertz CT molecular complexity index is 654. The highest BCUT2D eigenvalue weighted by Crippen LogP contribution is 2.23. The molecule has 1 unspecified atom stereocenters. The minimum atomic E-state index is -0.232. The van der Waals surface area contributed by atoms with Gasteiger partial charge >= 0.3 is 0 Å². The van der Waals surface area contributed by atoms with Crippen LogP contribution in [-0.4, -0.2) is 45.3 Å². The van der Waals surface area contributed by atoms with E-state index in [0.29, 0.717) is 25.4 Å². The Morgan fingerprint density at radius 2 is 2.23 bits per heavy atom. The van der Waals surface area contributed by atoms with E-state index in [1.54, 1.807) is 11.8 Å². The van der Waals surface area contributed by atoms with Crippen molar-refractivity contribution in [2.45, 2.75) is 26.1 Å². The highest BCUT2D eigenvalue weighted by Gasteiger charge is 2.30. The molecule has 1 aliphatic rings. The number of H-pyrrole nitrogens is 1. The van der Waals surface area contributed by atoms with Crippen molar-refractivity contribution in [2.75, 3.05) is 13.1 Å². The summed E-state index contributed by atoms with van der Waals surface area (Å²) in [6, 6.07) is 9.96. The van der Waals surface area contributed by atoms with Crippen LogP contribution in [0.1, 0.15) is 28.2 Å². The summed E-state index contributed by atoms with van der Waals surface area (Å²) >= 11 is 0. The van der Waals surface area contributed by atoms with Gasteiger partial charge in [-0.05, 0) is 18.9 Å². The van der Waals surface area contributed by atoms with Crippen molar-refractivity contribution in [3.05, 3.63) is 47.3 Å². The molecule has 0 bridgehead atoms. The summed E-state index contributed by atoms with van der Waals surface area (Å²) in [4.78, 5) is 14.0. The van der Waals surface area contributed by atoms with Crippen LogP contribution in [0.5, 0.6) is 5.75 Å². The van der Waals surface area contributed by atoms with E-state index in [0.717, 1.165) is 12.0 Å². The number of carbonyl (C=O) groups is 1. The number of aromatic nitrogens is 2. The van der Waals surface area contributed by atoms with Crippen LogP contribution in [0.4, 0.5) is 0 Å². The van der Waals surface area contributed by atoms with Crippen LogP contribution in [0.25, 0.3) is 0 Å². The number of nitrogens with zero attached hydrogens (tertiary/aromatic N) is 2. The number of aryl methyl sites for hydroxylation is 1. The van der Waals surface area contributed by atoms with Crippen LogP contribution in [0, 0.1) is 6.92 Å². The Morgan fingerprint density at radius 3 is 2.91 bits per heavy atom. The molecule has 0 spiro atoms. The molecule has 2 heterocycles. The number of ether oxygens (including phenoxy) is 1. The van der Waals surface area contributed by atoms with E-state index in [-0.39, 0.29) is 23.5 Å². The fourth-order valence-corrected chi connectivity index (χ4v) is 2.57. The van der Waals surface area contributed by atoms with Gasteiger partial charge in [0.1, 0.15) is 5.69 Å². The van der Waals surface area contributed by atoms with Crippen molar-refractivity contribution in [1.82, 2.24) is 15.1 Å². The molecule has 0 aliphatic carbocycles. The van der Waals surface area contributed by atoms with Crippen molar-refractivity contribution in [1.29, 1.82) is 0 Å². The molecule has 1 aromatic carbocycles. The molecule has 1 aliphatic heterocycles. The third-order valence-corrected chi connectivity index (χ3v) is 3.89. The Morgan fingerprint density at radius 1 is 1.45 bits per heavy atom. The second-order valence-corrected chi connectivity index (χ2v) is 5.49. The van der Waals surface area contributed by atoms with Gasteiger partial charge in [0.15, 0.2) is 11.4 Å². The molecule has 3 rings (SSSR count). The van der Waals surface area contributed by atoms with Gasteiger partial charge in [-0.25, -0.2) is 0 Å². The second kappa shape index (κ2) is 6.19. The molecular formula is C16H19N3O3. The monoisotopic (exact) mass is 301 g/mol. The summed E-state index contributed by atoms with van der Waals surface area (Å²) < 4.78 is 5.86. The maximum Gasteiger partial charge on any atom is 0.275 e. The van der Waals surface area contributed by atoms with E-state index in [1.807, 2.05) is 30.3 Å². The molecule has 2 aromatic rings. The lowest BCUT2D eigenvalue weighted by atomic mass is 10.2. The zero-order valence-electron chi connectivity index (χ0n) is 12.5. The average Bonchev–Trinajstić information content (AvgIpc) is 3.14. The second-order valence-electron chi connectivity index (χ2n) is 5.49. The molecule has 1 aromatic heterocycles. The molecule has 1 amide bonds. The molecule has 116 valence electrons. The number of carbonyl (C=O) groups excluding carboxylic acids is 1. The number of nitrogens with one attached hydrogen (secondary N) is 1. The third kappa shape index (κ3) is 2.96. The van der Waals surface area contributed by atoms with Crippen LogP contribution in [0.15, 0.2) is 30.3 Å². The van der Waals surface area contributed by atoms with Gasteiger partial charge in [-0.1, -0.05) is 30.3 Å². The maximum atomic E-state index is 12.3. The van der Waals surface area contributed by atoms with Gasteiger partial charge in [-0.2, -0.15) is 5.10 Å². The van der Waals surface area contributed by atoms with Gasteiger partial charge in [0, 0.05) is 13.1 Å². The average molecular weight is 301 g/mol.